The quantitative estimate of drug-likeness (QED) is 0.789. The van der Waals surface area contributed by atoms with Crippen LogP contribution in [-0.2, 0) is 9.53 Å². The highest BCUT2D eigenvalue weighted by Crippen LogP contribution is 2.34. The van der Waals surface area contributed by atoms with Gasteiger partial charge in [0, 0.05) is 11.6 Å². The molecule has 2 aromatic rings. The first-order valence-electron chi connectivity index (χ1n) is 7.82. The Labute approximate surface area is 142 Å². The molecule has 0 amide bonds. The number of rotatable bonds is 7. The zero-order valence-corrected chi connectivity index (χ0v) is 14.2. The second kappa shape index (κ2) is 8.36. The van der Waals surface area contributed by atoms with Crippen LogP contribution in [0.5, 0.6) is 11.5 Å². The molecule has 0 aliphatic carbocycles. The van der Waals surface area contributed by atoms with Crippen LogP contribution in [0.1, 0.15) is 24.9 Å². The number of methoxy groups -OCH3 is 2. The maximum atomic E-state index is 11.6. The molecular formula is C19H23NO4. The van der Waals surface area contributed by atoms with Crippen molar-refractivity contribution < 1.29 is 19.0 Å². The van der Waals surface area contributed by atoms with Crippen LogP contribution >= 0.6 is 0 Å². The van der Waals surface area contributed by atoms with Gasteiger partial charge in [0.05, 0.1) is 27.2 Å². The Morgan fingerprint density at radius 2 is 1.92 bits per heavy atom. The van der Waals surface area contributed by atoms with E-state index in [0.717, 1.165) is 28.2 Å². The Hall–Kier alpha value is -2.53. The Kier molecular flexibility index (Phi) is 6.21. The summed E-state index contributed by atoms with van der Waals surface area (Å²) >= 11 is 0. The summed E-state index contributed by atoms with van der Waals surface area (Å²) in [4.78, 5) is 11.6. The number of ether oxygens (including phenoxy) is 3. The molecule has 0 radical (unpaired) electrons. The molecule has 5 heteroatoms. The standard InChI is InChI=1S/C19H23NO4/c1-4-24-19(21)12-17(20)14-8-9-18(23-3)16(11-14)13-6-5-7-15(10-13)22-2/h5-11,17H,4,12,20H2,1-3H3/t17-/m0/s1. The lowest BCUT2D eigenvalue weighted by Crippen LogP contribution is -2.17. The van der Waals surface area contributed by atoms with Gasteiger partial charge in [0.1, 0.15) is 11.5 Å². The Bertz CT molecular complexity index is 700. The van der Waals surface area contributed by atoms with Crippen molar-refractivity contribution in [3.8, 4) is 22.6 Å². The summed E-state index contributed by atoms with van der Waals surface area (Å²) in [7, 11) is 3.25. The van der Waals surface area contributed by atoms with Crippen LogP contribution in [-0.4, -0.2) is 26.8 Å². The van der Waals surface area contributed by atoms with Gasteiger partial charge in [-0.05, 0) is 42.3 Å². The van der Waals surface area contributed by atoms with Crippen molar-refractivity contribution in [2.45, 2.75) is 19.4 Å². The van der Waals surface area contributed by atoms with Gasteiger partial charge in [0.2, 0.25) is 0 Å². The zero-order chi connectivity index (χ0) is 17.5. The lowest BCUT2D eigenvalue weighted by atomic mass is 9.97. The van der Waals surface area contributed by atoms with Gasteiger partial charge in [-0.2, -0.15) is 0 Å². The average Bonchev–Trinajstić information content (AvgIpc) is 2.61. The fraction of sp³-hybridized carbons (Fsp3) is 0.316. The highest BCUT2D eigenvalue weighted by atomic mass is 16.5. The maximum Gasteiger partial charge on any atom is 0.307 e. The molecule has 1 atom stereocenters. The van der Waals surface area contributed by atoms with Crippen LogP contribution in [0.15, 0.2) is 42.5 Å². The van der Waals surface area contributed by atoms with Crippen LogP contribution < -0.4 is 15.2 Å². The highest BCUT2D eigenvalue weighted by molar-refractivity contribution is 5.74. The number of hydrogen-bond acceptors (Lipinski definition) is 5. The average molecular weight is 329 g/mol. The van der Waals surface area contributed by atoms with Crippen molar-refractivity contribution in [1.29, 1.82) is 0 Å². The summed E-state index contributed by atoms with van der Waals surface area (Å²) in [5, 5.41) is 0. The van der Waals surface area contributed by atoms with Gasteiger partial charge >= 0.3 is 5.97 Å². The molecule has 5 nitrogen and oxygen atoms in total. The molecule has 2 rings (SSSR count). The van der Waals surface area contributed by atoms with E-state index in [0.29, 0.717) is 6.61 Å². The van der Waals surface area contributed by atoms with Crippen molar-refractivity contribution in [3.05, 3.63) is 48.0 Å². The van der Waals surface area contributed by atoms with Crippen LogP contribution in [0, 0.1) is 0 Å². The first kappa shape index (κ1) is 17.8. The third-order valence-corrected chi connectivity index (χ3v) is 3.72. The molecule has 0 fully saturated rings. The lowest BCUT2D eigenvalue weighted by molar-refractivity contribution is -0.143. The van der Waals surface area contributed by atoms with Crippen LogP contribution in [0.2, 0.25) is 0 Å². The molecule has 0 unspecified atom stereocenters. The number of carbonyl (C=O) groups excluding carboxylic acids is 1. The van der Waals surface area contributed by atoms with E-state index in [1.807, 2.05) is 42.5 Å². The predicted octanol–water partition coefficient (Wildman–Crippen LogP) is 3.32. The molecule has 0 aliphatic rings. The van der Waals surface area contributed by atoms with Gasteiger partial charge in [-0.15, -0.1) is 0 Å². The van der Waals surface area contributed by atoms with Gasteiger partial charge in [0.15, 0.2) is 0 Å². The molecule has 0 spiro atoms. The molecule has 0 saturated carbocycles. The molecule has 0 aliphatic heterocycles. The summed E-state index contributed by atoms with van der Waals surface area (Å²) in [5.74, 6) is 1.19. The molecule has 0 bridgehead atoms. The number of carbonyl (C=O) groups is 1. The smallest absolute Gasteiger partial charge is 0.307 e. The normalized spacial score (nSPS) is 11.7. The predicted molar refractivity (Wildman–Crippen MR) is 93.2 cm³/mol. The summed E-state index contributed by atoms with van der Waals surface area (Å²) in [5.41, 5.74) is 8.85. The monoisotopic (exact) mass is 329 g/mol. The topological polar surface area (TPSA) is 70.8 Å². The van der Waals surface area contributed by atoms with E-state index >= 15 is 0 Å². The van der Waals surface area contributed by atoms with Crippen molar-refractivity contribution in [2.24, 2.45) is 5.73 Å². The number of hydrogen-bond donors (Lipinski definition) is 1. The summed E-state index contributed by atoms with van der Waals surface area (Å²) in [6.45, 7) is 2.13. The van der Waals surface area contributed by atoms with E-state index in [2.05, 4.69) is 0 Å². The van der Waals surface area contributed by atoms with Gasteiger partial charge in [0.25, 0.3) is 0 Å². The minimum absolute atomic E-state index is 0.137. The summed E-state index contributed by atoms with van der Waals surface area (Å²) in [6.07, 6.45) is 0.137. The SMILES string of the molecule is CCOC(=O)C[C@H](N)c1ccc(OC)c(-c2cccc(OC)c2)c1. The number of benzene rings is 2. The molecule has 0 aromatic heterocycles. The van der Waals surface area contributed by atoms with Crippen LogP contribution in [0.3, 0.4) is 0 Å². The minimum atomic E-state index is -0.431. The first-order valence-corrected chi connectivity index (χ1v) is 7.82. The minimum Gasteiger partial charge on any atom is -0.497 e. The molecule has 0 saturated heterocycles. The number of esters is 1. The van der Waals surface area contributed by atoms with Gasteiger partial charge in [-0.1, -0.05) is 18.2 Å². The highest BCUT2D eigenvalue weighted by Gasteiger charge is 2.15. The van der Waals surface area contributed by atoms with Crippen molar-refractivity contribution in [1.82, 2.24) is 0 Å². The molecular weight excluding hydrogens is 306 g/mol. The molecule has 2 N–H and O–H groups in total. The van der Waals surface area contributed by atoms with Crippen molar-refractivity contribution >= 4 is 5.97 Å². The second-order valence-corrected chi connectivity index (χ2v) is 5.31. The Morgan fingerprint density at radius 1 is 1.12 bits per heavy atom. The fourth-order valence-corrected chi connectivity index (χ4v) is 2.49. The second-order valence-electron chi connectivity index (χ2n) is 5.31. The van der Waals surface area contributed by atoms with E-state index < -0.39 is 6.04 Å². The molecule has 2 aromatic carbocycles. The third-order valence-electron chi connectivity index (χ3n) is 3.72. The van der Waals surface area contributed by atoms with E-state index in [1.54, 1.807) is 21.1 Å². The fourth-order valence-electron chi connectivity index (χ4n) is 2.49. The summed E-state index contributed by atoms with van der Waals surface area (Å²) < 4.78 is 15.7. The van der Waals surface area contributed by atoms with Crippen LogP contribution in [0.25, 0.3) is 11.1 Å². The first-order chi connectivity index (χ1) is 11.6. The van der Waals surface area contributed by atoms with E-state index in [9.17, 15) is 4.79 Å². The third kappa shape index (κ3) is 4.26. The Morgan fingerprint density at radius 3 is 2.58 bits per heavy atom. The Balaban J connectivity index is 2.35. The van der Waals surface area contributed by atoms with Crippen molar-refractivity contribution in [2.75, 3.05) is 20.8 Å². The van der Waals surface area contributed by atoms with Gasteiger partial charge in [-0.25, -0.2) is 0 Å². The van der Waals surface area contributed by atoms with E-state index in [1.165, 1.54) is 0 Å². The van der Waals surface area contributed by atoms with E-state index in [4.69, 9.17) is 19.9 Å². The zero-order valence-electron chi connectivity index (χ0n) is 14.2. The lowest BCUT2D eigenvalue weighted by Gasteiger charge is -2.16. The van der Waals surface area contributed by atoms with Gasteiger partial charge in [-0.3, -0.25) is 4.79 Å². The van der Waals surface area contributed by atoms with Crippen LogP contribution in [0.4, 0.5) is 0 Å². The molecule has 24 heavy (non-hydrogen) atoms. The van der Waals surface area contributed by atoms with E-state index in [-0.39, 0.29) is 12.4 Å². The van der Waals surface area contributed by atoms with Crippen molar-refractivity contribution in [3.63, 3.8) is 0 Å². The molecule has 128 valence electrons. The van der Waals surface area contributed by atoms with Gasteiger partial charge < -0.3 is 19.9 Å². The molecule has 0 heterocycles. The number of nitrogens with two attached hydrogens (primary N) is 1. The maximum absolute atomic E-state index is 11.6. The largest absolute Gasteiger partial charge is 0.497 e. The summed E-state index contributed by atoms with van der Waals surface area (Å²) in [6, 6.07) is 12.9.